The van der Waals surface area contributed by atoms with Crippen LogP contribution >= 0.6 is 22.7 Å². The summed E-state index contributed by atoms with van der Waals surface area (Å²) >= 11 is 2.78. The quantitative estimate of drug-likeness (QED) is 0.433. The molecule has 0 aliphatic rings. The van der Waals surface area contributed by atoms with Gasteiger partial charge in [0.25, 0.3) is 0 Å². The van der Waals surface area contributed by atoms with Gasteiger partial charge in [0.1, 0.15) is 10.7 Å². The van der Waals surface area contributed by atoms with Crippen LogP contribution in [0.25, 0.3) is 10.6 Å². The van der Waals surface area contributed by atoms with Gasteiger partial charge in [-0.15, -0.1) is 11.3 Å². The Morgan fingerprint density at radius 3 is 2.71 bits per heavy atom. The smallest absolute Gasteiger partial charge is 0.412 e. The zero-order chi connectivity index (χ0) is 19.9. The van der Waals surface area contributed by atoms with E-state index in [1.807, 2.05) is 35.7 Å². The second kappa shape index (κ2) is 9.20. The molecule has 0 saturated carbocycles. The van der Waals surface area contributed by atoms with Crippen molar-refractivity contribution >= 4 is 45.1 Å². The maximum absolute atomic E-state index is 11.6. The number of anilines is 2. The molecule has 0 spiro atoms. The van der Waals surface area contributed by atoms with Gasteiger partial charge in [-0.05, 0) is 23.6 Å². The largest absolute Gasteiger partial charge is 0.493 e. The van der Waals surface area contributed by atoms with Crippen molar-refractivity contribution in [2.75, 3.05) is 32.1 Å². The summed E-state index contributed by atoms with van der Waals surface area (Å²) in [5.41, 5.74) is 4.29. The lowest BCUT2D eigenvalue weighted by molar-refractivity contribution is 0.187. The molecule has 0 unspecified atom stereocenters. The lowest BCUT2D eigenvalue weighted by atomic mass is 10.2. The first-order valence-corrected chi connectivity index (χ1v) is 9.75. The summed E-state index contributed by atoms with van der Waals surface area (Å²) in [4.78, 5) is 17.1. The number of rotatable bonds is 7. The van der Waals surface area contributed by atoms with Crippen molar-refractivity contribution < 1.29 is 19.0 Å². The molecule has 28 heavy (non-hydrogen) atoms. The predicted molar refractivity (Wildman–Crippen MR) is 112 cm³/mol. The minimum atomic E-state index is -0.558. The van der Waals surface area contributed by atoms with Crippen molar-refractivity contribution in [3.63, 3.8) is 0 Å². The number of hydrazone groups is 1. The van der Waals surface area contributed by atoms with E-state index in [9.17, 15) is 4.79 Å². The number of para-hydroxylation sites is 1. The van der Waals surface area contributed by atoms with Crippen LogP contribution in [0.3, 0.4) is 0 Å². The maximum Gasteiger partial charge on any atom is 0.412 e. The average molecular weight is 419 g/mol. The molecule has 0 fully saturated rings. The third kappa shape index (κ3) is 4.41. The summed E-state index contributed by atoms with van der Waals surface area (Å²) in [5, 5.41) is 9.95. The van der Waals surface area contributed by atoms with E-state index >= 15 is 0 Å². The highest BCUT2D eigenvalue weighted by Gasteiger charge is 2.16. The zero-order valence-electron chi connectivity index (χ0n) is 15.4. The fourth-order valence-electron chi connectivity index (χ4n) is 2.35. The number of nitrogens with zero attached hydrogens (tertiary/aromatic N) is 2. The van der Waals surface area contributed by atoms with E-state index < -0.39 is 6.09 Å². The van der Waals surface area contributed by atoms with Gasteiger partial charge in [-0.3, -0.25) is 10.7 Å². The summed E-state index contributed by atoms with van der Waals surface area (Å²) in [6, 6.07) is 9.36. The first kappa shape index (κ1) is 19.6. The number of ether oxygens (including phenoxy) is 3. The van der Waals surface area contributed by atoms with Crippen LogP contribution in [0.15, 0.2) is 40.8 Å². The highest BCUT2D eigenvalue weighted by molar-refractivity contribution is 7.21. The van der Waals surface area contributed by atoms with Gasteiger partial charge in [0.2, 0.25) is 5.13 Å². The van der Waals surface area contributed by atoms with E-state index in [-0.39, 0.29) is 0 Å². The number of hydrogen-bond donors (Lipinski definition) is 2. The minimum Gasteiger partial charge on any atom is -0.493 e. The predicted octanol–water partition coefficient (Wildman–Crippen LogP) is 4.51. The van der Waals surface area contributed by atoms with Crippen LogP contribution in [-0.4, -0.2) is 38.6 Å². The Labute approximate surface area is 169 Å². The first-order chi connectivity index (χ1) is 13.7. The van der Waals surface area contributed by atoms with Crippen LogP contribution in [-0.2, 0) is 4.74 Å². The third-order valence-corrected chi connectivity index (χ3v) is 5.33. The van der Waals surface area contributed by atoms with Gasteiger partial charge in [0.15, 0.2) is 11.5 Å². The first-order valence-electron chi connectivity index (χ1n) is 8.06. The number of hydrogen-bond acceptors (Lipinski definition) is 9. The topological polar surface area (TPSA) is 94.1 Å². The summed E-state index contributed by atoms with van der Waals surface area (Å²) in [5.74, 6) is 1.20. The molecule has 8 nitrogen and oxygen atoms in total. The summed E-state index contributed by atoms with van der Waals surface area (Å²) < 4.78 is 15.3. The monoisotopic (exact) mass is 418 g/mol. The molecule has 10 heteroatoms. The SMILES string of the molecule is COC(=O)Nc1sc(NN=Cc2cccc(OC)c2OC)nc1-c1cccs1. The highest BCUT2D eigenvalue weighted by atomic mass is 32.1. The molecule has 0 aliphatic carbocycles. The van der Waals surface area contributed by atoms with Crippen molar-refractivity contribution in [2.45, 2.75) is 0 Å². The molecule has 146 valence electrons. The van der Waals surface area contributed by atoms with Crippen LogP contribution < -0.4 is 20.2 Å². The molecule has 0 radical (unpaired) electrons. The molecule has 0 aliphatic heterocycles. The van der Waals surface area contributed by atoms with Gasteiger partial charge in [0, 0.05) is 5.56 Å². The number of carbonyl (C=O) groups excluding carboxylic acids is 1. The molecule has 2 heterocycles. The van der Waals surface area contributed by atoms with Crippen molar-refractivity contribution in [3.05, 3.63) is 41.3 Å². The number of benzene rings is 1. The number of amides is 1. The molecule has 1 aromatic carbocycles. The Balaban J connectivity index is 1.82. The molecule has 0 saturated heterocycles. The summed E-state index contributed by atoms with van der Waals surface area (Å²) in [7, 11) is 4.46. The minimum absolute atomic E-state index is 0.521. The van der Waals surface area contributed by atoms with Gasteiger partial charge in [0.05, 0.1) is 32.4 Å². The molecule has 3 rings (SSSR count). The number of nitrogens with one attached hydrogen (secondary N) is 2. The van der Waals surface area contributed by atoms with E-state index in [0.29, 0.717) is 27.3 Å². The third-order valence-electron chi connectivity index (χ3n) is 3.58. The van der Waals surface area contributed by atoms with E-state index in [4.69, 9.17) is 9.47 Å². The number of carbonyl (C=O) groups is 1. The lowest BCUT2D eigenvalue weighted by Gasteiger charge is -2.09. The maximum atomic E-state index is 11.6. The Hall–Kier alpha value is -3.11. The van der Waals surface area contributed by atoms with Crippen molar-refractivity contribution in [2.24, 2.45) is 5.10 Å². The van der Waals surface area contributed by atoms with E-state index in [2.05, 4.69) is 25.6 Å². The van der Waals surface area contributed by atoms with Gasteiger partial charge in [-0.25, -0.2) is 9.78 Å². The molecule has 0 atom stereocenters. The molecule has 1 amide bonds. The van der Waals surface area contributed by atoms with Crippen LogP contribution in [0.2, 0.25) is 0 Å². The molecule has 0 bridgehead atoms. The van der Waals surface area contributed by atoms with Gasteiger partial charge < -0.3 is 14.2 Å². The standard InChI is InChI=1S/C18H18N4O4S2/c1-24-12-7-4-6-11(15(12)25-2)10-19-22-17-20-14(13-8-5-9-27-13)16(28-17)21-18(23)26-3/h4-10H,1-3H3,(H,20,22)(H,21,23). The second-order valence-electron chi connectivity index (χ2n) is 5.24. The Morgan fingerprint density at radius 2 is 2.04 bits per heavy atom. The van der Waals surface area contributed by atoms with Crippen molar-refractivity contribution in [1.29, 1.82) is 0 Å². The molecule has 3 aromatic rings. The summed E-state index contributed by atoms with van der Waals surface area (Å²) in [6.07, 6.45) is 1.05. The van der Waals surface area contributed by atoms with Crippen LogP contribution in [0, 0.1) is 0 Å². The van der Waals surface area contributed by atoms with Gasteiger partial charge >= 0.3 is 6.09 Å². The molecule has 2 N–H and O–H groups in total. The normalized spacial score (nSPS) is 10.7. The molecular formula is C18H18N4O4S2. The number of thiazole rings is 1. The van der Waals surface area contributed by atoms with Crippen molar-refractivity contribution in [1.82, 2.24) is 4.98 Å². The van der Waals surface area contributed by atoms with Crippen molar-refractivity contribution in [3.8, 4) is 22.1 Å². The zero-order valence-corrected chi connectivity index (χ0v) is 17.0. The summed E-state index contributed by atoms with van der Waals surface area (Å²) in [6.45, 7) is 0. The van der Waals surface area contributed by atoms with Gasteiger partial charge in [-0.2, -0.15) is 5.10 Å². The average Bonchev–Trinajstić information content (AvgIpc) is 3.37. The van der Waals surface area contributed by atoms with Crippen LogP contribution in [0.1, 0.15) is 5.56 Å². The Morgan fingerprint density at radius 1 is 1.18 bits per heavy atom. The van der Waals surface area contributed by atoms with Crippen LogP contribution in [0.5, 0.6) is 11.5 Å². The Bertz CT molecular complexity index is 970. The number of aromatic nitrogens is 1. The lowest BCUT2D eigenvalue weighted by Crippen LogP contribution is -2.10. The van der Waals surface area contributed by atoms with E-state index in [1.165, 1.54) is 29.8 Å². The van der Waals surface area contributed by atoms with Gasteiger partial charge in [-0.1, -0.05) is 23.5 Å². The fraction of sp³-hybridized carbons (Fsp3) is 0.167. The Kier molecular flexibility index (Phi) is 6.45. The molecule has 2 aromatic heterocycles. The number of methoxy groups -OCH3 is 3. The second-order valence-corrected chi connectivity index (χ2v) is 7.19. The molecular weight excluding hydrogens is 400 g/mol. The van der Waals surface area contributed by atoms with E-state index in [1.54, 1.807) is 20.4 Å². The fourth-order valence-corrected chi connectivity index (χ4v) is 3.95. The van der Waals surface area contributed by atoms with Crippen LogP contribution in [0.4, 0.5) is 14.9 Å². The van der Waals surface area contributed by atoms with E-state index in [0.717, 1.165) is 10.4 Å². The highest BCUT2D eigenvalue weighted by Crippen LogP contribution is 2.38. The number of thiophene rings is 1.